The van der Waals surface area contributed by atoms with Crippen LogP contribution in [-0.4, -0.2) is 41.6 Å². The molecule has 9 heteroatoms. The van der Waals surface area contributed by atoms with Crippen LogP contribution in [0.5, 0.6) is 5.75 Å². The zero-order valence-corrected chi connectivity index (χ0v) is 20.6. The summed E-state index contributed by atoms with van der Waals surface area (Å²) < 4.78 is 5.20. The number of ether oxygens (including phenoxy) is 1. The summed E-state index contributed by atoms with van der Waals surface area (Å²) in [4.78, 5) is 41.5. The molecule has 0 bridgehead atoms. The number of Topliss-reactive ketones (excluding diaryl/α,β-unsaturated/α-hetero) is 1. The average Bonchev–Trinajstić information content (AvgIpc) is 2.88. The van der Waals surface area contributed by atoms with Crippen LogP contribution < -0.4 is 15.1 Å². The predicted octanol–water partition coefficient (Wildman–Crippen LogP) is 4.72. The van der Waals surface area contributed by atoms with Crippen molar-refractivity contribution in [2.75, 3.05) is 18.6 Å². The average molecular weight is 508 g/mol. The van der Waals surface area contributed by atoms with Crippen molar-refractivity contribution in [1.29, 1.82) is 0 Å². The molecule has 0 saturated carbocycles. The number of ketones is 1. The van der Waals surface area contributed by atoms with Crippen molar-refractivity contribution in [3.05, 3.63) is 77.9 Å². The van der Waals surface area contributed by atoms with Gasteiger partial charge in [-0.15, -0.1) is 11.6 Å². The van der Waals surface area contributed by atoms with Crippen LogP contribution in [0.2, 0.25) is 0 Å². The highest BCUT2D eigenvalue weighted by molar-refractivity contribution is 7.99. The Bertz CT molecular complexity index is 1330. The largest absolute Gasteiger partial charge is 0.497 e. The second-order valence-electron chi connectivity index (χ2n) is 8.20. The van der Waals surface area contributed by atoms with Gasteiger partial charge in [-0.2, -0.15) is 0 Å². The monoisotopic (exact) mass is 507 g/mol. The van der Waals surface area contributed by atoms with Crippen LogP contribution in [0.4, 0.5) is 11.4 Å². The van der Waals surface area contributed by atoms with Gasteiger partial charge in [0, 0.05) is 15.4 Å². The smallest absolute Gasteiger partial charge is 0.257 e. The van der Waals surface area contributed by atoms with Crippen LogP contribution in [0.1, 0.15) is 28.9 Å². The highest BCUT2D eigenvalue weighted by Crippen LogP contribution is 2.48. The molecule has 0 aliphatic carbocycles. The lowest BCUT2D eigenvalue weighted by Crippen LogP contribution is -2.63. The van der Waals surface area contributed by atoms with Crippen molar-refractivity contribution < 1.29 is 19.1 Å². The van der Waals surface area contributed by atoms with Crippen molar-refractivity contribution in [1.82, 2.24) is 10.4 Å². The second kappa shape index (κ2) is 9.37. The molecule has 1 fully saturated rings. The molecule has 35 heavy (non-hydrogen) atoms. The third-order valence-corrected chi connectivity index (χ3v) is 7.62. The summed E-state index contributed by atoms with van der Waals surface area (Å²) in [5.74, 6) is 0.0578. The Hall–Kier alpha value is -3.33. The molecule has 2 amide bonds. The maximum atomic E-state index is 13.5. The molecule has 2 aliphatic rings. The number of nitrogens with one attached hydrogen (secondary N) is 1. The van der Waals surface area contributed by atoms with Gasteiger partial charge in [-0.3, -0.25) is 24.3 Å². The summed E-state index contributed by atoms with van der Waals surface area (Å²) >= 11 is 7.87. The minimum atomic E-state index is -0.725. The normalized spacial score (nSPS) is 18.4. The van der Waals surface area contributed by atoms with E-state index in [1.54, 1.807) is 48.0 Å². The number of fused-ring (bicyclic) bond motifs is 2. The van der Waals surface area contributed by atoms with Gasteiger partial charge in [0.05, 0.1) is 31.1 Å². The van der Waals surface area contributed by atoms with Crippen molar-refractivity contribution in [3.8, 4) is 5.75 Å². The molecule has 5 rings (SSSR count). The summed E-state index contributed by atoms with van der Waals surface area (Å²) in [7, 11) is 1.58. The number of rotatable bonds is 6. The molecular formula is C26H22ClN3O4S. The SMILES string of the molecule is COc1ccc(C2C(Cl)C(=O)N2NCC(=O)N2c3ccccc3Sc3ccc(C(C)=O)cc32)cc1. The lowest BCUT2D eigenvalue weighted by Gasteiger charge is -2.44. The van der Waals surface area contributed by atoms with E-state index in [0.29, 0.717) is 17.0 Å². The van der Waals surface area contributed by atoms with E-state index in [4.69, 9.17) is 16.3 Å². The van der Waals surface area contributed by atoms with E-state index in [1.165, 1.54) is 11.9 Å². The van der Waals surface area contributed by atoms with Crippen LogP contribution in [0, 0.1) is 0 Å². The van der Waals surface area contributed by atoms with Gasteiger partial charge in [0.1, 0.15) is 11.1 Å². The van der Waals surface area contributed by atoms with Crippen molar-refractivity contribution in [3.63, 3.8) is 0 Å². The van der Waals surface area contributed by atoms with Gasteiger partial charge in [0.2, 0.25) is 5.91 Å². The molecule has 0 aromatic heterocycles. The Kier molecular flexibility index (Phi) is 6.27. The Morgan fingerprint density at radius 2 is 1.74 bits per heavy atom. The molecule has 3 aromatic carbocycles. The van der Waals surface area contributed by atoms with Crippen LogP contribution >= 0.6 is 23.4 Å². The molecular weight excluding hydrogens is 486 g/mol. The number of para-hydroxylation sites is 1. The maximum absolute atomic E-state index is 13.5. The van der Waals surface area contributed by atoms with Crippen LogP contribution in [0.25, 0.3) is 0 Å². The van der Waals surface area contributed by atoms with Gasteiger partial charge in [-0.25, -0.2) is 5.43 Å². The zero-order chi connectivity index (χ0) is 24.7. The molecule has 2 atom stereocenters. The minimum absolute atomic E-state index is 0.0798. The van der Waals surface area contributed by atoms with E-state index >= 15 is 0 Å². The quantitative estimate of drug-likeness (QED) is 0.295. The predicted molar refractivity (Wildman–Crippen MR) is 134 cm³/mol. The van der Waals surface area contributed by atoms with E-state index in [1.807, 2.05) is 42.5 Å². The molecule has 178 valence electrons. The molecule has 2 heterocycles. The lowest BCUT2D eigenvalue weighted by molar-refractivity contribution is -0.151. The standard InChI is InChI=1S/C26H22ClN3O4S/c1-15(31)17-9-12-22-20(13-17)29(19-5-3-4-6-21(19)35-22)23(32)14-28-30-25(24(27)26(30)33)16-7-10-18(34-2)11-8-16/h3-13,24-25,28H,14H2,1-2H3. The summed E-state index contributed by atoms with van der Waals surface area (Å²) in [6.07, 6.45) is 0. The van der Waals surface area contributed by atoms with Crippen LogP contribution in [0.3, 0.4) is 0 Å². The first kappa shape index (κ1) is 23.4. The molecule has 2 aliphatic heterocycles. The third-order valence-electron chi connectivity index (χ3n) is 6.07. The van der Waals surface area contributed by atoms with E-state index < -0.39 is 11.4 Å². The number of methoxy groups -OCH3 is 1. The summed E-state index contributed by atoms with van der Waals surface area (Å²) in [6, 6.07) is 19.8. The van der Waals surface area contributed by atoms with Gasteiger partial charge in [0.15, 0.2) is 5.78 Å². The van der Waals surface area contributed by atoms with Gasteiger partial charge in [-0.05, 0) is 48.9 Å². The first-order valence-electron chi connectivity index (χ1n) is 11.0. The molecule has 0 spiro atoms. The Labute approximate surface area is 212 Å². The number of nitrogens with zero attached hydrogens (tertiary/aromatic N) is 2. The van der Waals surface area contributed by atoms with E-state index in [0.717, 1.165) is 21.0 Å². The number of alkyl halides is 1. The summed E-state index contributed by atoms with van der Waals surface area (Å²) in [5.41, 5.74) is 5.71. The highest BCUT2D eigenvalue weighted by atomic mass is 35.5. The number of carbonyl (C=O) groups is 3. The molecule has 1 N–H and O–H groups in total. The van der Waals surface area contributed by atoms with Crippen LogP contribution in [0.15, 0.2) is 76.5 Å². The number of halogens is 1. The number of β-lactam (4-membered cyclic amide) rings is 1. The number of amides is 2. The fourth-order valence-electron chi connectivity index (χ4n) is 4.22. The lowest BCUT2D eigenvalue weighted by atomic mass is 9.95. The molecule has 7 nitrogen and oxygen atoms in total. The fraction of sp³-hybridized carbons (Fsp3) is 0.192. The Morgan fingerprint density at radius 1 is 1.03 bits per heavy atom. The van der Waals surface area contributed by atoms with Gasteiger partial charge >= 0.3 is 0 Å². The molecule has 3 aromatic rings. The number of benzene rings is 3. The highest BCUT2D eigenvalue weighted by Gasteiger charge is 2.47. The zero-order valence-electron chi connectivity index (χ0n) is 19.0. The number of hydrogen-bond donors (Lipinski definition) is 1. The van der Waals surface area contributed by atoms with Crippen molar-refractivity contribution in [2.45, 2.75) is 28.1 Å². The van der Waals surface area contributed by atoms with E-state index in [9.17, 15) is 14.4 Å². The maximum Gasteiger partial charge on any atom is 0.257 e. The number of hydrogen-bond acceptors (Lipinski definition) is 6. The first-order chi connectivity index (χ1) is 16.9. The van der Waals surface area contributed by atoms with Gasteiger partial charge in [0.25, 0.3) is 5.91 Å². The topological polar surface area (TPSA) is 79.0 Å². The summed E-state index contributed by atoms with van der Waals surface area (Å²) in [5, 5.41) is 0.673. The van der Waals surface area contributed by atoms with Crippen LogP contribution in [-0.2, 0) is 9.59 Å². The molecule has 2 unspecified atom stereocenters. The van der Waals surface area contributed by atoms with Crippen molar-refractivity contribution >= 4 is 52.3 Å². The summed E-state index contributed by atoms with van der Waals surface area (Å²) in [6.45, 7) is 1.36. The Morgan fingerprint density at radius 3 is 2.46 bits per heavy atom. The number of carbonyl (C=O) groups excluding carboxylic acids is 3. The first-order valence-corrected chi connectivity index (χ1v) is 12.2. The third kappa shape index (κ3) is 4.18. The number of anilines is 2. The van der Waals surface area contributed by atoms with Gasteiger partial charge < -0.3 is 4.74 Å². The minimum Gasteiger partial charge on any atom is -0.497 e. The Balaban J connectivity index is 1.40. The second-order valence-corrected chi connectivity index (χ2v) is 9.75. The number of hydrazine groups is 1. The fourth-order valence-corrected chi connectivity index (χ4v) is 5.63. The van der Waals surface area contributed by atoms with Gasteiger partial charge in [-0.1, -0.05) is 42.1 Å². The molecule has 1 saturated heterocycles. The van der Waals surface area contributed by atoms with Crippen molar-refractivity contribution in [2.24, 2.45) is 0 Å². The van der Waals surface area contributed by atoms with E-state index in [2.05, 4.69) is 5.43 Å². The van der Waals surface area contributed by atoms with E-state index in [-0.39, 0.29) is 24.1 Å². The molecule has 0 radical (unpaired) electrons.